The first kappa shape index (κ1) is 24.3. The minimum Gasteiger partial charge on any atom is -0.491 e. The monoisotopic (exact) mass is 477 g/mol. The summed E-state index contributed by atoms with van der Waals surface area (Å²) in [4.78, 5) is 20.6. The summed E-state index contributed by atoms with van der Waals surface area (Å²) >= 11 is 0. The number of benzene rings is 2. The molecule has 0 aliphatic carbocycles. The Kier molecular flexibility index (Phi) is 8.37. The van der Waals surface area contributed by atoms with Gasteiger partial charge in [0, 0.05) is 61.9 Å². The number of pyridine rings is 1. The largest absolute Gasteiger partial charge is 0.491 e. The summed E-state index contributed by atoms with van der Waals surface area (Å²) in [5, 5.41) is 14.3. The number of piperazine rings is 1. The van der Waals surface area contributed by atoms with Gasteiger partial charge in [0.05, 0.1) is 6.21 Å². The summed E-state index contributed by atoms with van der Waals surface area (Å²) < 4.78 is 18.8. The first-order chi connectivity index (χ1) is 17.1. The van der Waals surface area contributed by atoms with Crippen LogP contribution in [0.2, 0.25) is 0 Å². The molecule has 1 atom stereocenters. The number of aliphatic hydroxyl groups is 1. The minimum atomic E-state index is -0.642. The summed E-state index contributed by atoms with van der Waals surface area (Å²) in [5.74, 6) is -0.00327. The highest BCUT2D eigenvalue weighted by molar-refractivity contribution is 5.94. The summed E-state index contributed by atoms with van der Waals surface area (Å²) in [5.41, 5.74) is 4.71. The third kappa shape index (κ3) is 7.33. The van der Waals surface area contributed by atoms with Gasteiger partial charge in [-0.05, 0) is 54.6 Å². The fourth-order valence-electron chi connectivity index (χ4n) is 3.77. The molecule has 0 radical (unpaired) electrons. The van der Waals surface area contributed by atoms with Crippen molar-refractivity contribution in [3.05, 3.63) is 90.0 Å². The lowest BCUT2D eigenvalue weighted by Crippen LogP contribution is -2.49. The molecular weight excluding hydrogens is 449 g/mol. The van der Waals surface area contributed by atoms with Crippen molar-refractivity contribution < 1.29 is 19.0 Å². The molecule has 1 unspecified atom stereocenters. The van der Waals surface area contributed by atoms with Crippen molar-refractivity contribution in [3.63, 3.8) is 0 Å². The molecule has 2 N–H and O–H groups in total. The van der Waals surface area contributed by atoms with Gasteiger partial charge in [-0.2, -0.15) is 5.10 Å². The number of rotatable bonds is 9. The number of hydrogen-bond donors (Lipinski definition) is 2. The SMILES string of the molecule is O=C(NN=Cc1cccnc1)c1ccc(OCC(O)CN2CCN(c3ccc(F)cc3)CC2)cc1. The molecule has 0 saturated carbocycles. The topological polar surface area (TPSA) is 90.3 Å². The molecule has 0 bridgehead atoms. The molecule has 2 heterocycles. The van der Waals surface area contributed by atoms with Gasteiger partial charge in [-0.15, -0.1) is 0 Å². The Morgan fingerprint density at radius 1 is 1.11 bits per heavy atom. The summed E-state index contributed by atoms with van der Waals surface area (Å²) in [6.07, 6.45) is 4.19. The van der Waals surface area contributed by atoms with Gasteiger partial charge in [-0.3, -0.25) is 14.7 Å². The van der Waals surface area contributed by atoms with Crippen LogP contribution >= 0.6 is 0 Å². The number of hydrazone groups is 1. The van der Waals surface area contributed by atoms with E-state index in [1.165, 1.54) is 18.3 Å². The number of nitrogens with zero attached hydrogens (tertiary/aromatic N) is 4. The maximum absolute atomic E-state index is 13.1. The van der Waals surface area contributed by atoms with Crippen LogP contribution in [0.1, 0.15) is 15.9 Å². The predicted octanol–water partition coefficient (Wildman–Crippen LogP) is 2.55. The lowest BCUT2D eigenvalue weighted by atomic mass is 10.2. The number of nitrogens with one attached hydrogen (secondary N) is 1. The third-order valence-corrected chi connectivity index (χ3v) is 5.66. The van der Waals surface area contributed by atoms with Crippen LogP contribution in [-0.2, 0) is 0 Å². The number of anilines is 1. The normalized spacial score (nSPS) is 15.2. The number of halogens is 1. The summed E-state index contributed by atoms with van der Waals surface area (Å²) in [6, 6.07) is 16.8. The van der Waals surface area contributed by atoms with E-state index < -0.39 is 6.10 Å². The number of ether oxygens (including phenoxy) is 1. The molecule has 1 aliphatic rings. The highest BCUT2D eigenvalue weighted by Gasteiger charge is 2.20. The van der Waals surface area contributed by atoms with Crippen molar-refractivity contribution in [1.29, 1.82) is 0 Å². The Balaban J connectivity index is 1.17. The number of aromatic nitrogens is 1. The number of aliphatic hydroxyl groups excluding tert-OH is 1. The van der Waals surface area contributed by atoms with E-state index in [-0.39, 0.29) is 18.3 Å². The van der Waals surface area contributed by atoms with Crippen LogP contribution in [0.5, 0.6) is 5.75 Å². The van der Waals surface area contributed by atoms with Gasteiger partial charge >= 0.3 is 0 Å². The van der Waals surface area contributed by atoms with Crippen molar-refractivity contribution in [2.75, 3.05) is 44.2 Å². The molecule has 4 rings (SSSR count). The van der Waals surface area contributed by atoms with Gasteiger partial charge in [0.25, 0.3) is 5.91 Å². The Labute approximate surface area is 203 Å². The predicted molar refractivity (Wildman–Crippen MR) is 132 cm³/mol. The molecule has 0 spiro atoms. The van der Waals surface area contributed by atoms with Gasteiger partial charge < -0.3 is 14.7 Å². The first-order valence-electron chi connectivity index (χ1n) is 11.4. The zero-order valence-electron chi connectivity index (χ0n) is 19.3. The number of amides is 1. The molecule has 9 heteroatoms. The third-order valence-electron chi connectivity index (χ3n) is 5.66. The van der Waals surface area contributed by atoms with Crippen LogP contribution in [0.15, 0.2) is 78.2 Å². The smallest absolute Gasteiger partial charge is 0.271 e. The molecule has 35 heavy (non-hydrogen) atoms. The Morgan fingerprint density at radius 2 is 1.86 bits per heavy atom. The fourth-order valence-corrected chi connectivity index (χ4v) is 3.77. The molecule has 1 amide bonds. The van der Waals surface area contributed by atoms with Crippen molar-refractivity contribution in [3.8, 4) is 5.75 Å². The second-order valence-corrected chi connectivity index (χ2v) is 8.24. The van der Waals surface area contributed by atoms with Crippen LogP contribution in [-0.4, -0.2) is 72.5 Å². The van der Waals surface area contributed by atoms with Crippen molar-refractivity contribution >= 4 is 17.8 Å². The standard InChI is InChI=1S/C26H28FN5O3/c27-22-5-7-23(8-6-22)32-14-12-31(13-15-32)18-24(33)19-35-25-9-3-21(4-10-25)26(34)30-29-17-20-2-1-11-28-16-20/h1-11,16-17,24,33H,12-15,18-19H2,(H,30,34). The fraction of sp³-hybridized carbons (Fsp3) is 0.269. The molecule has 182 valence electrons. The highest BCUT2D eigenvalue weighted by atomic mass is 19.1. The van der Waals surface area contributed by atoms with E-state index in [0.29, 0.717) is 17.9 Å². The number of β-amino-alcohol motifs (C(OH)–C–C–N with tert-alkyl or cyclic N) is 1. The summed E-state index contributed by atoms with van der Waals surface area (Å²) in [7, 11) is 0. The van der Waals surface area contributed by atoms with E-state index >= 15 is 0 Å². The van der Waals surface area contributed by atoms with Crippen molar-refractivity contribution in [2.45, 2.75) is 6.10 Å². The van der Waals surface area contributed by atoms with Crippen LogP contribution in [0.3, 0.4) is 0 Å². The first-order valence-corrected chi connectivity index (χ1v) is 11.4. The molecular formula is C26H28FN5O3. The van der Waals surface area contributed by atoms with Crippen LogP contribution in [0.4, 0.5) is 10.1 Å². The van der Waals surface area contributed by atoms with Gasteiger partial charge in [0.1, 0.15) is 24.3 Å². The van der Waals surface area contributed by atoms with E-state index in [1.807, 2.05) is 6.07 Å². The Hall–Kier alpha value is -3.82. The molecule has 1 aromatic heterocycles. The average Bonchev–Trinajstić information content (AvgIpc) is 2.89. The van der Waals surface area contributed by atoms with Gasteiger partial charge in [0.2, 0.25) is 0 Å². The van der Waals surface area contributed by atoms with Gasteiger partial charge in [0.15, 0.2) is 0 Å². The van der Waals surface area contributed by atoms with Gasteiger partial charge in [-0.1, -0.05) is 6.07 Å². The van der Waals surface area contributed by atoms with E-state index in [2.05, 4.69) is 25.3 Å². The maximum Gasteiger partial charge on any atom is 0.271 e. The molecule has 1 fully saturated rings. The summed E-state index contributed by atoms with van der Waals surface area (Å²) in [6.45, 7) is 3.90. The van der Waals surface area contributed by atoms with E-state index in [9.17, 15) is 14.3 Å². The molecule has 8 nitrogen and oxygen atoms in total. The lowest BCUT2D eigenvalue weighted by molar-refractivity contribution is 0.0663. The zero-order chi connectivity index (χ0) is 24.5. The molecule has 1 aliphatic heterocycles. The van der Waals surface area contributed by atoms with E-state index in [4.69, 9.17) is 4.74 Å². The van der Waals surface area contributed by atoms with Crippen LogP contribution in [0, 0.1) is 5.82 Å². The molecule has 1 saturated heterocycles. The number of carbonyl (C=O) groups excluding carboxylic acids is 1. The second kappa shape index (κ2) is 12.0. The Morgan fingerprint density at radius 3 is 2.54 bits per heavy atom. The van der Waals surface area contributed by atoms with Crippen molar-refractivity contribution in [2.24, 2.45) is 5.10 Å². The zero-order valence-corrected chi connectivity index (χ0v) is 19.3. The minimum absolute atomic E-state index is 0.152. The Bertz CT molecular complexity index is 1100. The molecule has 3 aromatic rings. The van der Waals surface area contributed by atoms with Gasteiger partial charge in [-0.25, -0.2) is 9.82 Å². The molecule has 2 aromatic carbocycles. The van der Waals surface area contributed by atoms with Crippen LogP contribution in [0.25, 0.3) is 0 Å². The highest BCUT2D eigenvalue weighted by Crippen LogP contribution is 2.17. The van der Waals surface area contributed by atoms with E-state index in [1.54, 1.807) is 54.9 Å². The quantitative estimate of drug-likeness (QED) is 0.364. The number of carbonyl (C=O) groups is 1. The lowest BCUT2D eigenvalue weighted by Gasteiger charge is -2.36. The van der Waals surface area contributed by atoms with Crippen molar-refractivity contribution in [1.82, 2.24) is 15.3 Å². The van der Waals surface area contributed by atoms with Crippen LogP contribution < -0.4 is 15.1 Å². The van der Waals surface area contributed by atoms with E-state index in [0.717, 1.165) is 37.4 Å². The average molecular weight is 478 g/mol. The second-order valence-electron chi connectivity index (χ2n) is 8.24. The number of hydrogen-bond acceptors (Lipinski definition) is 7. The maximum atomic E-state index is 13.1.